The maximum atomic E-state index is 4.57. The van der Waals surface area contributed by atoms with Crippen LogP contribution in [-0.4, -0.2) is 10.5 Å². The Balaban J connectivity index is 2.08. The van der Waals surface area contributed by atoms with E-state index < -0.39 is 0 Å². The third-order valence-electron chi connectivity index (χ3n) is 3.74. The van der Waals surface area contributed by atoms with Gasteiger partial charge in [0.15, 0.2) is 0 Å². The molecule has 1 aliphatic rings. The van der Waals surface area contributed by atoms with Crippen LogP contribution < -0.4 is 5.32 Å². The Labute approximate surface area is 102 Å². The van der Waals surface area contributed by atoms with E-state index in [1.807, 2.05) is 6.07 Å². The second-order valence-corrected chi connectivity index (χ2v) is 5.37. The summed E-state index contributed by atoms with van der Waals surface area (Å²) in [6.07, 6.45) is 3.87. The van der Waals surface area contributed by atoms with Crippen molar-refractivity contribution in [3.05, 3.63) is 36.0 Å². The molecular weight excluding hydrogens is 208 g/mol. The normalized spacial score (nSPS) is 17.8. The van der Waals surface area contributed by atoms with E-state index in [0.717, 1.165) is 11.2 Å². The van der Waals surface area contributed by atoms with Gasteiger partial charge in [-0.15, -0.1) is 0 Å². The minimum absolute atomic E-state index is 0.288. The summed E-state index contributed by atoms with van der Waals surface area (Å²) in [5.74, 6) is 0. The van der Waals surface area contributed by atoms with Crippen molar-refractivity contribution in [2.45, 2.75) is 38.6 Å². The van der Waals surface area contributed by atoms with Gasteiger partial charge in [0, 0.05) is 22.3 Å². The lowest BCUT2D eigenvalue weighted by Crippen LogP contribution is -2.41. The number of fused-ring (bicyclic) bond motifs is 1. The van der Waals surface area contributed by atoms with Crippen molar-refractivity contribution in [3.8, 4) is 0 Å². The first kappa shape index (κ1) is 10.6. The molecule has 1 fully saturated rings. The Bertz CT molecular complexity index is 556. The molecule has 0 aliphatic heterocycles. The number of nitrogens with zero attached hydrogens (tertiary/aromatic N) is 1. The molecule has 2 heteroatoms. The van der Waals surface area contributed by atoms with Crippen LogP contribution in [0.1, 0.15) is 31.9 Å². The van der Waals surface area contributed by atoms with Crippen LogP contribution in [0, 0.1) is 6.92 Å². The maximum absolute atomic E-state index is 4.57. The van der Waals surface area contributed by atoms with Crippen LogP contribution in [0.25, 0.3) is 10.9 Å². The molecule has 88 valence electrons. The summed E-state index contributed by atoms with van der Waals surface area (Å²) in [7, 11) is 0. The van der Waals surface area contributed by atoms with Crippen molar-refractivity contribution in [1.29, 1.82) is 0 Å². The standard InChI is InChI=1S/C15H18N2/c1-11-10-14(17-15(2)8-5-9-15)12-6-3-4-7-13(12)16-11/h3-4,6-7,10H,5,8-9H2,1-2H3,(H,16,17). The number of aryl methyl sites for hydroxylation is 1. The zero-order valence-electron chi connectivity index (χ0n) is 10.5. The molecule has 1 aliphatic carbocycles. The van der Waals surface area contributed by atoms with Crippen molar-refractivity contribution >= 4 is 16.6 Å². The Morgan fingerprint density at radius 2 is 2.00 bits per heavy atom. The minimum Gasteiger partial charge on any atom is -0.379 e. The third kappa shape index (κ3) is 1.88. The molecule has 0 amide bonds. The Kier molecular flexibility index (Phi) is 2.32. The van der Waals surface area contributed by atoms with Crippen molar-refractivity contribution in [2.24, 2.45) is 0 Å². The lowest BCUT2D eigenvalue weighted by molar-refractivity contribution is 0.307. The van der Waals surface area contributed by atoms with E-state index in [1.54, 1.807) is 0 Å². The Hall–Kier alpha value is -1.57. The second kappa shape index (κ2) is 3.73. The average molecular weight is 226 g/mol. The van der Waals surface area contributed by atoms with Gasteiger partial charge in [-0.05, 0) is 45.2 Å². The number of rotatable bonds is 2. The predicted molar refractivity (Wildman–Crippen MR) is 72.4 cm³/mol. The molecule has 1 aromatic heterocycles. The number of anilines is 1. The quantitative estimate of drug-likeness (QED) is 0.840. The third-order valence-corrected chi connectivity index (χ3v) is 3.74. The first-order chi connectivity index (χ1) is 8.16. The summed E-state index contributed by atoms with van der Waals surface area (Å²) in [5.41, 5.74) is 3.68. The Morgan fingerprint density at radius 1 is 1.24 bits per heavy atom. The first-order valence-electron chi connectivity index (χ1n) is 6.31. The highest BCUT2D eigenvalue weighted by atomic mass is 15.0. The topological polar surface area (TPSA) is 24.9 Å². The van der Waals surface area contributed by atoms with Gasteiger partial charge in [-0.1, -0.05) is 18.2 Å². The summed E-state index contributed by atoms with van der Waals surface area (Å²) >= 11 is 0. The molecule has 0 spiro atoms. The monoisotopic (exact) mass is 226 g/mol. The smallest absolute Gasteiger partial charge is 0.0725 e. The molecule has 0 atom stereocenters. The van der Waals surface area contributed by atoms with Gasteiger partial charge in [0.25, 0.3) is 0 Å². The van der Waals surface area contributed by atoms with Crippen molar-refractivity contribution in [1.82, 2.24) is 4.98 Å². The molecule has 0 saturated heterocycles. The first-order valence-corrected chi connectivity index (χ1v) is 6.31. The summed E-state index contributed by atoms with van der Waals surface area (Å²) < 4.78 is 0. The van der Waals surface area contributed by atoms with E-state index in [-0.39, 0.29) is 5.54 Å². The second-order valence-electron chi connectivity index (χ2n) is 5.37. The molecule has 1 aromatic carbocycles. The lowest BCUT2D eigenvalue weighted by atomic mass is 9.78. The van der Waals surface area contributed by atoms with Gasteiger partial charge in [-0.25, -0.2) is 0 Å². The van der Waals surface area contributed by atoms with Crippen LogP contribution in [0.4, 0.5) is 5.69 Å². The number of pyridine rings is 1. The molecule has 2 aromatic rings. The Morgan fingerprint density at radius 3 is 2.71 bits per heavy atom. The van der Waals surface area contributed by atoms with Crippen LogP contribution in [-0.2, 0) is 0 Å². The molecule has 0 unspecified atom stereocenters. The van der Waals surface area contributed by atoms with Gasteiger partial charge in [0.1, 0.15) is 0 Å². The molecule has 1 N–H and O–H groups in total. The molecule has 3 rings (SSSR count). The molecule has 0 bridgehead atoms. The van der Waals surface area contributed by atoms with E-state index in [4.69, 9.17) is 0 Å². The van der Waals surface area contributed by atoms with E-state index in [0.29, 0.717) is 0 Å². The molecule has 1 heterocycles. The van der Waals surface area contributed by atoms with E-state index in [2.05, 4.69) is 48.4 Å². The number of benzene rings is 1. The van der Waals surface area contributed by atoms with Gasteiger partial charge in [-0.2, -0.15) is 0 Å². The zero-order chi connectivity index (χ0) is 11.9. The summed E-state index contributed by atoms with van der Waals surface area (Å²) in [5, 5.41) is 4.93. The fourth-order valence-corrected chi connectivity index (χ4v) is 2.57. The van der Waals surface area contributed by atoms with Crippen LogP contribution >= 0.6 is 0 Å². The van der Waals surface area contributed by atoms with Crippen molar-refractivity contribution in [3.63, 3.8) is 0 Å². The highest BCUT2D eigenvalue weighted by Gasteiger charge is 2.31. The predicted octanol–water partition coefficient (Wildman–Crippen LogP) is 3.90. The number of hydrogen-bond donors (Lipinski definition) is 1. The van der Waals surface area contributed by atoms with Crippen LogP contribution in [0.3, 0.4) is 0 Å². The molecule has 2 nitrogen and oxygen atoms in total. The summed E-state index contributed by atoms with van der Waals surface area (Å²) in [4.78, 5) is 4.57. The zero-order valence-corrected chi connectivity index (χ0v) is 10.5. The summed E-state index contributed by atoms with van der Waals surface area (Å²) in [6, 6.07) is 10.5. The van der Waals surface area contributed by atoms with Crippen molar-refractivity contribution in [2.75, 3.05) is 5.32 Å². The van der Waals surface area contributed by atoms with Gasteiger partial charge in [-0.3, -0.25) is 4.98 Å². The fraction of sp³-hybridized carbons (Fsp3) is 0.400. The van der Waals surface area contributed by atoms with Gasteiger partial charge in [0.2, 0.25) is 0 Å². The van der Waals surface area contributed by atoms with Crippen LogP contribution in [0.2, 0.25) is 0 Å². The van der Waals surface area contributed by atoms with E-state index >= 15 is 0 Å². The minimum atomic E-state index is 0.288. The maximum Gasteiger partial charge on any atom is 0.0725 e. The number of aromatic nitrogens is 1. The molecule has 17 heavy (non-hydrogen) atoms. The van der Waals surface area contributed by atoms with Crippen LogP contribution in [0.5, 0.6) is 0 Å². The summed E-state index contributed by atoms with van der Waals surface area (Å²) in [6.45, 7) is 4.36. The average Bonchev–Trinajstić information content (AvgIpc) is 2.26. The number of nitrogens with one attached hydrogen (secondary N) is 1. The highest BCUT2D eigenvalue weighted by Crippen LogP contribution is 2.36. The fourth-order valence-electron chi connectivity index (χ4n) is 2.57. The van der Waals surface area contributed by atoms with Crippen LogP contribution in [0.15, 0.2) is 30.3 Å². The van der Waals surface area contributed by atoms with E-state index in [9.17, 15) is 0 Å². The van der Waals surface area contributed by atoms with Gasteiger partial charge in [0.05, 0.1) is 5.52 Å². The number of para-hydroxylation sites is 1. The molecular formula is C15H18N2. The number of hydrogen-bond acceptors (Lipinski definition) is 2. The highest BCUT2D eigenvalue weighted by molar-refractivity contribution is 5.91. The molecule has 0 radical (unpaired) electrons. The van der Waals surface area contributed by atoms with E-state index in [1.165, 1.54) is 30.3 Å². The van der Waals surface area contributed by atoms with Crippen molar-refractivity contribution < 1.29 is 0 Å². The SMILES string of the molecule is Cc1cc(NC2(C)CCC2)c2ccccc2n1. The van der Waals surface area contributed by atoms with Gasteiger partial charge < -0.3 is 5.32 Å². The molecule has 1 saturated carbocycles. The lowest BCUT2D eigenvalue weighted by Gasteiger charge is -2.40. The van der Waals surface area contributed by atoms with Gasteiger partial charge >= 0.3 is 0 Å². The largest absolute Gasteiger partial charge is 0.379 e.